The van der Waals surface area contributed by atoms with Crippen molar-refractivity contribution < 1.29 is 0 Å². The van der Waals surface area contributed by atoms with Crippen LogP contribution < -0.4 is 10.6 Å². The first kappa shape index (κ1) is 10.7. The number of nitriles is 1. The third-order valence-corrected chi connectivity index (χ3v) is 3.25. The minimum atomic E-state index is 0.0786. The zero-order chi connectivity index (χ0) is 11.8. The van der Waals surface area contributed by atoms with Crippen molar-refractivity contribution in [3.63, 3.8) is 0 Å². The molecule has 0 amide bonds. The van der Waals surface area contributed by atoms with Crippen molar-refractivity contribution >= 4 is 11.5 Å². The van der Waals surface area contributed by atoms with Crippen LogP contribution in [-0.4, -0.2) is 17.1 Å². The Balaban J connectivity index is 2.46. The second-order valence-electron chi connectivity index (χ2n) is 4.78. The maximum Gasteiger partial charge on any atom is 0.153 e. The standard InChI is InChI=1S/C12H16N4/c1-12(2)5-3-7-16(12)11-10(14)9(8-13)4-6-15-11/h4,6H,3,5,7,14H2,1-2H3. The summed E-state index contributed by atoms with van der Waals surface area (Å²) in [6, 6.07) is 3.75. The van der Waals surface area contributed by atoms with E-state index in [1.165, 1.54) is 0 Å². The van der Waals surface area contributed by atoms with E-state index in [0.29, 0.717) is 11.3 Å². The Bertz CT molecular complexity index is 445. The molecule has 0 atom stereocenters. The lowest BCUT2D eigenvalue weighted by Crippen LogP contribution is -2.39. The van der Waals surface area contributed by atoms with Gasteiger partial charge in [-0.1, -0.05) is 0 Å². The quantitative estimate of drug-likeness (QED) is 0.778. The van der Waals surface area contributed by atoms with E-state index in [0.717, 1.165) is 25.2 Å². The first-order valence-corrected chi connectivity index (χ1v) is 5.48. The third-order valence-electron chi connectivity index (χ3n) is 3.25. The molecule has 0 bridgehead atoms. The van der Waals surface area contributed by atoms with Crippen molar-refractivity contribution in [3.05, 3.63) is 17.8 Å². The van der Waals surface area contributed by atoms with Gasteiger partial charge in [0.2, 0.25) is 0 Å². The molecule has 1 saturated heterocycles. The van der Waals surface area contributed by atoms with Crippen molar-refractivity contribution in [1.82, 2.24) is 4.98 Å². The largest absolute Gasteiger partial charge is 0.395 e. The fourth-order valence-electron chi connectivity index (χ4n) is 2.27. The number of rotatable bonds is 1. The van der Waals surface area contributed by atoms with Crippen LogP contribution in [0.15, 0.2) is 12.3 Å². The highest BCUT2D eigenvalue weighted by atomic mass is 15.3. The lowest BCUT2D eigenvalue weighted by atomic mass is 10.0. The summed E-state index contributed by atoms with van der Waals surface area (Å²) in [4.78, 5) is 6.51. The lowest BCUT2D eigenvalue weighted by molar-refractivity contribution is 0.515. The summed E-state index contributed by atoms with van der Waals surface area (Å²) in [5.74, 6) is 0.751. The van der Waals surface area contributed by atoms with E-state index in [4.69, 9.17) is 11.0 Å². The van der Waals surface area contributed by atoms with Crippen LogP contribution in [0.25, 0.3) is 0 Å². The summed E-state index contributed by atoms with van der Waals surface area (Å²) in [5, 5.41) is 8.94. The summed E-state index contributed by atoms with van der Waals surface area (Å²) in [6.07, 6.45) is 3.93. The molecule has 0 aromatic carbocycles. The Kier molecular flexibility index (Phi) is 2.47. The van der Waals surface area contributed by atoms with Gasteiger partial charge < -0.3 is 10.6 Å². The fraction of sp³-hybridized carbons (Fsp3) is 0.500. The molecule has 2 heterocycles. The molecule has 0 spiro atoms. The fourth-order valence-corrected chi connectivity index (χ4v) is 2.27. The molecule has 1 aliphatic heterocycles. The van der Waals surface area contributed by atoms with Crippen molar-refractivity contribution in [2.45, 2.75) is 32.2 Å². The number of aromatic nitrogens is 1. The molecule has 4 heteroatoms. The first-order chi connectivity index (χ1) is 7.56. The molecule has 1 aromatic heterocycles. The van der Waals surface area contributed by atoms with E-state index in [1.54, 1.807) is 12.3 Å². The summed E-state index contributed by atoms with van der Waals surface area (Å²) in [7, 11) is 0. The average Bonchev–Trinajstić information content (AvgIpc) is 2.59. The van der Waals surface area contributed by atoms with Crippen molar-refractivity contribution in [2.24, 2.45) is 0 Å². The molecule has 0 unspecified atom stereocenters. The molecule has 16 heavy (non-hydrogen) atoms. The van der Waals surface area contributed by atoms with E-state index in [9.17, 15) is 0 Å². The zero-order valence-electron chi connectivity index (χ0n) is 9.70. The number of pyridine rings is 1. The van der Waals surface area contributed by atoms with E-state index in [1.807, 2.05) is 0 Å². The molecule has 84 valence electrons. The van der Waals surface area contributed by atoms with Crippen LogP contribution >= 0.6 is 0 Å². The number of hydrogen-bond donors (Lipinski definition) is 1. The summed E-state index contributed by atoms with van der Waals surface area (Å²) in [5.41, 5.74) is 7.05. The first-order valence-electron chi connectivity index (χ1n) is 5.48. The van der Waals surface area contributed by atoms with Gasteiger partial charge in [0.15, 0.2) is 5.82 Å². The van der Waals surface area contributed by atoms with Gasteiger partial charge in [0.25, 0.3) is 0 Å². The number of nitrogen functional groups attached to an aromatic ring is 1. The molecule has 2 rings (SSSR count). The number of nitrogens with zero attached hydrogens (tertiary/aromatic N) is 3. The van der Waals surface area contributed by atoms with Gasteiger partial charge in [-0.05, 0) is 32.8 Å². The smallest absolute Gasteiger partial charge is 0.153 e. The highest BCUT2D eigenvalue weighted by Gasteiger charge is 2.34. The third kappa shape index (κ3) is 1.58. The molecular weight excluding hydrogens is 200 g/mol. The summed E-state index contributed by atoms with van der Waals surface area (Å²) >= 11 is 0. The minimum Gasteiger partial charge on any atom is -0.395 e. The Hall–Kier alpha value is -1.76. The molecule has 1 aliphatic rings. The number of hydrogen-bond acceptors (Lipinski definition) is 4. The number of nitrogens with two attached hydrogens (primary N) is 1. The van der Waals surface area contributed by atoms with E-state index >= 15 is 0 Å². The molecule has 1 fully saturated rings. The minimum absolute atomic E-state index is 0.0786. The van der Waals surface area contributed by atoms with Crippen LogP contribution in [0, 0.1) is 11.3 Å². The average molecular weight is 216 g/mol. The van der Waals surface area contributed by atoms with Crippen LogP contribution in [-0.2, 0) is 0 Å². The van der Waals surface area contributed by atoms with Crippen LogP contribution in [0.5, 0.6) is 0 Å². The molecule has 2 N–H and O–H groups in total. The second-order valence-corrected chi connectivity index (χ2v) is 4.78. The predicted octanol–water partition coefficient (Wildman–Crippen LogP) is 1.91. The molecule has 1 aromatic rings. The van der Waals surface area contributed by atoms with Gasteiger partial charge in [0.05, 0.1) is 11.3 Å². The topological polar surface area (TPSA) is 65.9 Å². The Labute approximate surface area is 95.7 Å². The van der Waals surface area contributed by atoms with E-state index in [-0.39, 0.29) is 5.54 Å². The van der Waals surface area contributed by atoms with Gasteiger partial charge in [-0.3, -0.25) is 0 Å². The second kappa shape index (κ2) is 3.67. The normalized spacial score (nSPS) is 18.4. The van der Waals surface area contributed by atoms with E-state index < -0.39 is 0 Å². The van der Waals surface area contributed by atoms with E-state index in [2.05, 4.69) is 29.8 Å². The molecular formula is C12H16N4. The van der Waals surface area contributed by atoms with Gasteiger partial charge in [-0.25, -0.2) is 4.98 Å². The molecule has 0 aliphatic carbocycles. The zero-order valence-corrected chi connectivity index (χ0v) is 9.70. The maximum atomic E-state index is 8.94. The van der Waals surface area contributed by atoms with Crippen molar-refractivity contribution in [2.75, 3.05) is 17.2 Å². The lowest BCUT2D eigenvalue weighted by Gasteiger charge is -2.33. The van der Waals surface area contributed by atoms with Crippen LogP contribution in [0.1, 0.15) is 32.3 Å². The molecule has 0 radical (unpaired) electrons. The Morgan fingerprint density at radius 3 is 2.88 bits per heavy atom. The summed E-state index contributed by atoms with van der Waals surface area (Å²) < 4.78 is 0. The van der Waals surface area contributed by atoms with Gasteiger partial charge >= 0.3 is 0 Å². The van der Waals surface area contributed by atoms with Crippen LogP contribution in [0.4, 0.5) is 11.5 Å². The number of anilines is 2. The monoisotopic (exact) mass is 216 g/mol. The van der Waals surface area contributed by atoms with Crippen molar-refractivity contribution in [3.8, 4) is 6.07 Å². The van der Waals surface area contributed by atoms with Gasteiger partial charge in [-0.15, -0.1) is 0 Å². The summed E-state index contributed by atoms with van der Waals surface area (Å²) in [6.45, 7) is 5.32. The maximum absolute atomic E-state index is 8.94. The van der Waals surface area contributed by atoms with Crippen LogP contribution in [0.2, 0.25) is 0 Å². The Morgan fingerprint density at radius 1 is 1.56 bits per heavy atom. The van der Waals surface area contributed by atoms with Gasteiger partial charge in [0, 0.05) is 18.3 Å². The Morgan fingerprint density at radius 2 is 2.31 bits per heavy atom. The highest BCUT2D eigenvalue weighted by Crippen LogP contribution is 2.35. The molecule has 4 nitrogen and oxygen atoms in total. The van der Waals surface area contributed by atoms with Crippen LogP contribution in [0.3, 0.4) is 0 Å². The van der Waals surface area contributed by atoms with Crippen molar-refractivity contribution in [1.29, 1.82) is 5.26 Å². The highest BCUT2D eigenvalue weighted by molar-refractivity contribution is 5.71. The van der Waals surface area contributed by atoms with Gasteiger partial charge in [-0.2, -0.15) is 5.26 Å². The molecule has 0 saturated carbocycles. The predicted molar refractivity (Wildman–Crippen MR) is 64.0 cm³/mol. The van der Waals surface area contributed by atoms with Gasteiger partial charge in [0.1, 0.15) is 6.07 Å². The SMILES string of the molecule is CC1(C)CCCN1c1nccc(C#N)c1N.